The minimum absolute atomic E-state index is 0.0679. The number of carbonyl (C=O) groups is 1. The van der Waals surface area contributed by atoms with Gasteiger partial charge in [0, 0.05) is 18.5 Å². The normalized spacial score (nSPS) is 18.6. The van der Waals surface area contributed by atoms with Gasteiger partial charge < -0.3 is 13.8 Å². The van der Waals surface area contributed by atoms with Crippen LogP contribution in [-0.2, 0) is 11.2 Å². The van der Waals surface area contributed by atoms with Crippen LogP contribution in [0.15, 0.2) is 21.1 Å². The number of likely N-dealkylation sites (tertiary alicyclic amines) is 1. The molecule has 3 heterocycles. The summed E-state index contributed by atoms with van der Waals surface area (Å²) < 4.78 is 11.0. The summed E-state index contributed by atoms with van der Waals surface area (Å²) in [6.45, 7) is 6.59. The molecule has 1 unspecified atom stereocenters. The molecule has 1 aliphatic rings. The van der Waals surface area contributed by atoms with Crippen LogP contribution in [0, 0.1) is 20.8 Å². The highest BCUT2D eigenvalue weighted by Crippen LogP contribution is 2.32. The Bertz CT molecular complexity index is 682. The second-order valence-corrected chi connectivity index (χ2v) is 6.70. The molecule has 0 spiro atoms. The zero-order chi connectivity index (χ0) is 17.1. The van der Waals surface area contributed by atoms with Crippen LogP contribution in [-0.4, -0.2) is 22.5 Å². The third kappa shape index (κ3) is 3.55. The molecule has 130 valence electrons. The molecule has 0 saturated carbocycles. The molecule has 1 amide bonds. The van der Waals surface area contributed by atoms with Crippen LogP contribution in [0.5, 0.6) is 0 Å². The molecule has 0 aliphatic carbocycles. The smallest absolute Gasteiger partial charge is 0.223 e. The molecule has 2 aromatic heterocycles. The summed E-state index contributed by atoms with van der Waals surface area (Å²) in [5, 5.41) is 3.97. The van der Waals surface area contributed by atoms with Gasteiger partial charge in [-0.2, -0.15) is 0 Å². The van der Waals surface area contributed by atoms with Gasteiger partial charge in [-0.1, -0.05) is 18.0 Å². The monoisotopic (exact) mass is 330 g/mol. The molecule has 0 N–H and O–H groups in total. The number of hydrogen-bond acceptors (Lipinski definition) is 4. The molecule has 24 heavy (non-hydrogen) atoms. The largest absolute Gasteiger partial charge is 0.464 e. The second-order valence-electron chi connectivity index (χ2n) is 6.70. The van der Waals surface area contributed by atoms with Gasteiger partial charge in [-0.05, 0) is 52.2 Å². The number of hydrogen-bond donors (Lipinski definition) is 0. The van der Waals surface area contributed by atoms with Gasteiger partial charge >= 0.3 is 0 Å². The van der Waals surface area contributed by atoms with E-state index in [0.29, 0.717) is 12.8 Å². The van der Waals surface area contributed by atoms with E-state index in [2.05, 4.69) is 5.16 Å². The molecule has 0 bridgehead atoms. The maximum atomic E-state index is 12.9. The standard InChI is InChI=1S/C19H26N2O3/c1-13-8-10-18(23-13)17-7-5-4-6-12-21(17)19(22)11-9-16-14(2)20-24-15(16)3/h8,10,17H,4-7,9,11-12H2,1-3H3. The van der Waals surface area contributed by atoms with E-state index < -0.39 is 0 Å². The first-order chi connectivity index (χ1) is 11.6. The Hall–Kier alpha value is -2.04. The molecule has 5 heteroatoms. The zero-order valence-corrected chi connectivity index (χ0v) is 14.8. The first-order valence-electron chi connectivity index (χ1n) is 8.84. The number of furan rings is 1. The maximum absolute atomic E-state index is 12.9. The maximum Gasteiger partial charge on any atom is 0.223 e. The van der Waals surface area contributed by atoms with E-state index in [1.165, 1.54) is 6.42 Å². The molecule has 5 nitrogen and oxygen atoms in total. The van der Waals surface area contributed by atoms with Crippen molar-refractivity contribution in [2.75, 3.05) is 6.54 Å². The van der Waals surface area contributed by atoms with Crippen molar-refractivity contribution >= 4 is 5.91 Å². The lowest BCUT2D eigenvalue weighted by Crippen LogP contribution is -2.34. The minimum atomic E-state index is 0.0679. The summed E-state index contributed by atoms with van der Waals surface area (Å²) >= 11 is 0. The predicted octanol–water partition coefficient (Wildman–Crippen LogP) is 4.27. The van der Waals surface area contributed by atoms with Crippen LogP contribution in [0.25, 0.3) is 0 Å². The van der Waals surface area contributed by atoms with E-state index in [1.807, 2.05) is 37.8 Å². The highest BCUT2D eigenvalue weighted by Gasteiger charge is 2.28. The third-order valence-electron chi connectivity index (χ3n) is 4.93. The van der Waals surface area contributed by atoms with Gasteiger partial charge in [-0.3, -0.25) is 4.79 Å². The lowest BCUT2D eigenvalue weighted by molar-refractivity contribution is -0.134. The molecule has 1 atom stereocenters. The first kappa shape index (κ1) is 16.8. The Morgan fingerprint density at radius 2 is 2.08 bits per heavy atom. The average molecular weight is 330 g/mol. The summed E-state index contributed by atoms with van der Waals surface area (Å²) in [5.74, 6) is 2.82. The van der Waals surface area contributed by atoms with Crippen LogP contribution in [0.1, 0.15) is 66.7 Å². The van der Waals surface area contributed by atoms with Crippen LogP contribution >= 0.6 is 0 Å². The highest BCUT2D eigenvalue weighted by molar-refractivity contribution is 5.77. The number of nitrogens with zero attached hydrogens (tertiary/aromatic N) is 2. The molecular formula is C19H26N2O3. The fraction of sp³-hybridized carbons (Fsp3) is 0.579. The number of aromatic nitrogens is 1. The summed E-state index contributed by atoms with van der Waals surface area (Å²) in [5.41, 5.74) is 1.94. The summed E-state index contributed by atoms with van der Waals surface area (Å²) in [4.78, 5) is 14.9. The molecule has 3 rings (SSSR count). The summed E-state index contributed by atoms with van der Waals surface area (Å²) in [6.07, 6.45) is 5.51. The predicted molar refractivity (Wildman–Crippen MR) is 90.7 cm³/mol. The zero-order valence-electron chi connectivity index (χ0n) is 14.8. The lowest BCUT2D eigenvalue weighted by Gasteiger charge is -2.29. The quantitative estimate of drug-likeness (QED) is 0.840. The van der Waals surface area contributed by atoms with Gasteiger partial charge in [-0.25, -0.2) is 0 Å². The third-order valence-corrected chi connectivity index (χ3v) is 4.93. The van der Waals surface area contributed by atoms with Crippen molar-refractivity contribution in [3.63, 3.8) is 0 Å². The summed E-state index contributed by atoms with van der Waals surface area (Å²) in [7, 11) is 0. The highest BCUT2D eigenvalue weighted by atomic mass is 16.5. The van der Waals surface area contributed by atoms with E-state index in [1.54, 1.807) is 0 Å². The van der Waals surface area contributed by atoms with E-state index in [4.69, 9.17) is 8.94 Å². The van der Waals surface area contributed by atoms with Crippen molar-refractivity contribution in [2.24, 2.45) is 0 Å². The summed E-state index contributed by atoms with van der Waals surface area (Å²) in [6, 6.07) is 4.06. The van der Waals surface area contributed by atoms with E-state index in [-0.39, 0.29) is 11.9 Å². The number of rotatable bonds is 4. The molecule has 1 saturated heterocycles. The SMILES string of the molecule is Cc1ccc(C2CCCCCN2C(=O)CCc2c(C)noc2C)o1. The number of aryl methyl sites for hydroxylation is 3. The van der Waals surface area contributed by atoms with Crippen LogP contribution in [0.2, 0.25) is 0 Å². The Labute approximate surface area is 143 Å². The second kappa shape index (κ2) is 7.24. The molecule has 1 aliphatic heterocycles. The van der Waals surface area contributed by atoms with Crippen LogP contribution in [0.4, 0.5) is 0 Å². The first-order valence-corrected chi connectivity index (χ1v) is 8.84. The fourth-order valence-electron chi connectivity index (χ4n) is 3.57. The van der Waals surface area contributed by atoms with Gasteiger partial charge in [0.05, 0.1) is 11.7 Å². The van der Waals surface area contributed by atoms with Gasteiger partial charge in [-0.15, -0.1) is 0 Å². The van der Waals surface area contributed by atoms with Gasteiger partial charge in [0.1, 0.15) is 17.3 Å². The minimum Gasteiger partial charge on any atom is -0.464 e. The van der Waals surface area contributed by atoms with Crippen LogP contribution < -0.4 is 0 Å². The topological polar surface area (TPSA) is 59.5 Å². The van der Waals surface area contributed by atoms with Crippen LogP contribution in [0.3, 0.4) is 0 Å². The Balaban J connectivity index is 1.72. The Morgan fingerprint density at radius 3 is 2.75 bits per heavy atom. The van der Waals surface area contributed by atoms with Gasteiger partial charge in [0.2, 0.25) is 5.91 Å². The van der Waals surface area contributed by atoms with E-state index >= 15 is 0 Å². The lowest BCUT2D eigenvalue weighted by atomic mass is 10.1. The van der Waals surface area contributed by atoms with E-state index in [0.717, 1.165) is 54.3 Å². The van der Waals surface area contributed by atoms with Crippen molar-refractivity contribution in [1.82, 2.24) is 10.1 Å². The van der Waals surface area contributed by atoms with Crippen molar-refractivity contribution < 1.29 is 13.7 Å². The fourth-order valence-corrected chi connectivity index (χ4v) is 3.57. The molecule has 0 radical (unpaired) electrons. The number of amides is 1. The van der Waals surface area contributed by atoms with Crippen molar-refractivity contribution in [3.05, 3.63) is 40.7 Å². The van der Waals surface area contributed by atoms with Crippen molar-refractivity contribution in [1.29, 1.82) is 0 Å². The molecule has 2 aromatic rings. The molecular weight excluding hydrogens is 304 g/mol. The van der Waals surface area contributed by atoms with Crippen molar-refractivity contribution in [3.8, 4) is 0 Å². The van der Waals surface area contributed by atoms with Crippen molar-refractivity contribution in [2.45, 2.75) is 65.3 Å². The van der Waals surface area contributed by atoms with Gasteiger partial charge in [0.25, 0.3) is 0 Å². The molecule has 1 fully saturated rings. The molecule has 0 aromatic carbocycles. The average Bonchev–Trinajstić information content (AvgIpc) is 3.02. The van der Waals surface area contributed by atoms with Gasteiger partial charge in [0.15, 0.2) is 0 Å². The van der Waals surface area contributed by atoms with E-state index in [9.17, 15) is 4.79 Å². The Morgan fingerprint density at radius 1 is 1.25 bits per heavy atom. The number of carbonyl (C=O) groups excluding carboxylic acids is 1. The Kier molecular flexibility index (Phi) is 5.07.